The zero-order chi connectivity index (χ0) is 14.8. The molecule has 0 spiro atoms. The van der Waals surface area contributed by atoms with Gasteiger partial charge in [-0.25, -0.2) is 0 Å². The lowest BCUT2D eigenvalue weighted by Crippen LogP contribution is -1.95. The Labute approximate surface area is 126 Å². The maximum absolute atomic E-state index is 4.58. The van der Waals surface area contributed by atoms with Crippen LogP contribution in [0.2, 0.25) is 0 Å². The third-order valence-corrected chi connectivity index (χ3v) is 4.34. The van der Waals surface area contributed by atoms with Crippen molar-refractivity contribution >= 4 is 23.2 Å². The summed E-state index contributed by atoms with van der Waals surface area (Å²) in [6, 6.07) is 8.85. The Morgan fingerprint density at radius 1 is 1.38 bits per heavy atom. The third kappa shape index (κ3) is 2.76. The molecule has 2 heteroatoms. The summed E-state index contributed by atoms with van der Waals surface area (Å²) in [5.41, 5.74) is 6.59. The van der Waals surface area contributed by atoms with Gasteiger partial charge in [0.25, 0.3) is 0 Å². The summed E-state index contributed by atoms with van der Waals surface area (Å²) >= 11 is 0. The minimum atomic E-state index is 0.711. The summed E-state index contributed by atoms with van der Waals surface area (Å²) in [5.74, 6) is 0.729. The molecule has 1 aliphatic carbocycles. The second-order valence-corrected chi connectivity index (χ2v) is 5.90. The molecule has 0 atom stereocenters. The van der Waals surface area contributed by atoms with E-state index in [1.165, 1.54) is 40.5 Å². The average Bonchev–Trinajstić information content (AvgIpc) is 3.32. The minimum absolute atomic E-state index is 0.711. The van der Waals surface area contributed by atoms with Gasteiger partial charge in [-0.05, 0) is 73.2 Å². The van der Waals surface area contributed by atoms with Crippen LogP contribution < -0.4 is 0 Å². The van der Waals surface area contributed by atoms with Crippen molar-refractivity contribution < 1.29 is 0 Å². The first kappa shape index (κ1) is 14.0. The lowest BCUT2D eigenvalue weighted by Gasteiger charge is -2.13. The van der Waals surface area contributed by atoms with Crippen LogP contribution in [0.1, 0.15) is 50.2 Å². The number of pyridine rings is 1. The van der Waals surface area contributed by atoms with Gasteiger partial charge in [-0.15, -0.1) is 0 Å². The summed E-state index contributed by atoms with van der Waals surface area (Å²) in [6.45, 7) is 8.70. The molecule has 0 unspecified atom stereocenters. The molecule has 1 saturated carbocycles. The summed E-state index contributed by atoms with van der Waals surface area (Å²) in [6.07, 6.45) is 5.53. The van der Waals surface area contributed by atoms with E-state index in [0.29, 0.717) is 6.54 Å². The molecule has 3 rings (SSSR count). The van der Waals surface area contributed by atoms with Crippen LogP contribution in [0.15, 0.2) is 41.0 Å². The number of aromatic nitrogens is 1. The molecular weight excluding hydrogens is 256 g/mol. The molecule has 0 aliphatic heterocycles. The van der Waals surface area contributed by atoms with E-state index in [1.807, 2.05) is 12.3 Å². The van der Waals surface area contributed by atoms with Gasteiger partial charge in [0.15, 0.2) is 0 Å². The van der Waals surface area contributed by atoms with Crippen molar-refractivity contribution in [3.63, 3.8) is 0 Å². The molecular formula is C19H22N2. The van der Waals surface area contributed by atoms with Crippen LogP contribution in [0.4, 0.5) is 0 Å². The van der Waals surface area contributed by atoms with Crippen LogP contribution >= 0.6 is 0 Å². The summed E-state index contributed by atoms with van der Waals surface area (Å²) in [5, 5.41) is 1.32. The fourth-order valence-electron chi connectivity index (χ4n) is 3.13. The van der Waals surface area contributed by atoms with Crippen LogP contribution in [0.5, 0.6) is 0 Å². The number of benzene rings is 1. The van der Waals surface area contributed by atoms with Gasteiger partial charge in [-0.1, -0.05) is 19.1 Å². The van der Waals surface area contributed by atoms with Crippen LogP contribution in [-0.4, -0.2) is 18.2 Å². The monoisotopic (exact) mass is 278 g/mol. The lowest BCUT2D eigenvalue weighted by molar-refractivity contribution is 1.10. The highest BCUT2D eigenvalue weighted by Crippen LogP contribution is 2.44. The number of allylic oxidation sites excluding steroid dienone is 1. The first-order valence-corrected chi connectivity index (χ1v) is 7.74. The van der Waals surface area contributed by atoms with Gasteiger partial charge in [-0.2, -0.15) is 0 Å². The second-order valence-electron chi connectivity index (χ2n) is 5.90. The van der Waals surface area contributed by atoms with Crippen molar-refractivity contribution in [3.8, 4) is 0 Å². The molecule has 0 radical (unpaired) electrons. The van der Waals surface area contributed by atoms with E-state index in [0.717, 1.165) is 17.9 Å². The highest BCUT2D eigenvalue weighted by atomic mass is 14.7. The van der Waals surface area contributed by atoms with E-state index in [-0.39, 0.29) is 0 Å². The summed E-state index contributed by atoms with van der Waals surface area (Å²) in [7, 11) is 0. The molecule has 1 heterocycles. The van der Waals surface area contributed by atoms with Crippen LogP contribution in [0.25, 0.3) is 16.5 Å². The fraction of sp³-hybridized carbons (Fsp3) is 0.368. The molecule has 108 valence electrons. The molecule has 0 bridgehead atoms. The Balaban J connectivity index is 2.18. The van der Waals surface area contributed by atoms with Gasteiger partial charge in [-0.3, -0.25) is 9.98 Å². The number of rotatable bonds is 5. The molecule has 1 fully saturated rings. The fourth-order valence-corrected chi connectivity index (χ4v) is 3.13. The SMILES string of the molecule is C=NC/C(C)=C(\CC)c1cc(C2CC2)c2cccnc2c1. The van der Waals surface area contributed by atoms with Crippen molar-refractivity contribution in [2.24, 2.45) is 4.99 Å². The molecule has 0 amide bonds. The maximum atomic E-state index is 4.58. The molecule has 0 N–H and O–H groups in total. The van der Waals surface area contributed by atoms with Crippen molar-refractivity contribution in [2.45, 2.75) is 39.0 Å². The van der Waals surface area contributed by atoms with Gasteiger partial charge in [0, 0.05) is 11.6 Å². The largest absolute Gasteiger partial charge is 0.297 e. The van der Waals surface area contributed by atoms with Gasteiger partial charge in [0.1, 0.15) is 0 Å². The third-order valence-electron chi connectivity index (χ3n) is 4.34. The molecule has 21 heavy (non-hydrogen) atoms. The molecule has 0 saturated heterocycles. The zero-order valence-electron chi connectivity index (χ0n) is 12.9. The highest BCUT2D eigenvalue weighted by Gasteiger charge is 2.26. The van der Waals surface area contributed by atoms with E-state index in [9.17, 15) is 0 Å². The smallest absolute Gasteiger partial charge is 0.0710 e. The van der Waals surface area contributed by atoms with E-state index in [2.05, 4.69) is 48.7 Å². The van der Waals surface area contributed by atoms with Crippen LogP contribution in [0, 0.1) is 0 Å². The summed E-state index contributed by atoms with van der Waals surface area (Å²) < 4.78 is 0. The van der Waals surface area contributed by atoms with Crippen molar-refractivity contribution in [2.75, 3.05) is 6.54 Å². The Morgan fingerprint density at radius 2 is 2.19 bits per heavy atom. The van der Waals surface area contributed by atoms with Crippen molar-refractivity contribution in [1.29, 1.82) is 0 Å². The molecule has 1 aromatic carbocycles. The average molecular weight is 278 g/mol. The zero-order valence-corrected chi connectivity index (χ0v) is 12.9. The van der Waals surface area contributed by atoms with E-state index < -0.39 is 0 Å². The predicted octanol–water partition coefficient (Wildman–Crippen LogP) is 5.00. The molecule has 2 nitrogen and oxygen atoms in total. The number of nitrogens with zero attached hydrogens (tertiary/aromatic N) is 2. The van der Waals surface area contributed by atoms with Gasteiger partial charge in [0.2, 0.25) is 0 Å². The number of hydrogen-bond donors (Lipinski definition) is 0. The van der Waals surface area contributed by atoms with Gasteiger partial charge in [0.05, 0.1) is 12.1 Å². The van der Waals surface area contributed by atoms with Gasteiger partial charge < -0.3 is 0 Å². The quantitative estimate of drug-likeness (QED) is 0.707. The number of hydrogen-bond acceptors (Lipinski definition) is 2. The van der Waals surface area contributed by atoms with Gasteiger partial charge >= 0.3 is 0 Å². The van der Waals surface area contributed by atoms with E-state index >= 15 is 0 Å². The molecule has 2 aromatic rings. The predicted molar refractivity (Wildman–Crippen MR) is 91.0 cm³/mol. The normalized spacial score (nSPS) is 15.9. The first-order valence-electron chi connectivity index (χ1n) is 7.74. The first-order chi connectivity index (χ1) is 10.2. The number of aliphatic imine (C=N–C) groups is 1. The van der Waals surface area contributed by atoms with E-state index in [4.69, 9.17) is 0 Å². The topological polar surface area (TPSA) is 25.2 Å². The van der Waals surface area contributed by atoms with Crippen molar-refractivity contribution in [1.82, 2.24) is 4.98 Å². The summed E-state index contributed by atoms with van der Waals surface area (Å²) in [4.78, 5) is 8.62. The molecule has 1 aromatic heterocycles. The highest BCUT2D eigenvalue weighted by molar-refractivity contribution is 5.87. The standard InChI is InChI=1S/C19H22N2/c1-4-16(13(2)12-20-3)15-10-18(14-7-8-14)17-6-5-9-21-19(17)11-15/h5-6,9-11,14H,3-4,7-8,12H2,1-2H3/b16-13+. The molecule has 1 aliphatic rings. The Hall–Kier alpha value is -1.96. The Kier molecular flexibility index (Phi) is 3.87. The number of fused-ring (bicyclic) bond motifs is 1. The van der Waals surface area contributed by atoms with Crippen LogP contribution in [-0.2, 0) is 0 Å². The van der Waals surface area contributed by atoms with Crippen molar-refractivity contribution in [3.05, 3.63) is 47.2 Å². The van der Waals surface area contributed by atoms with E-state index in [1.54, 1.807) is 0 Å². The minimum Gasteiger partial charge on any atom is -0.297 e. The van der Waals surface area contributed by atoms with Crippen LogP contribution in [0.3, 0.4) is 0 Å². The Morgan fingerprint density at radius 3 is 2.86 bits per heavy atom. The lowest BCUT2D eigenvalue weighted by atomic mass is 9.93. The maximum Gasteiger partial charge on any atom is 0.0710 e. The Bertz CT molecular complexity index is 709. The second kappa shape index (κ2) is 5.80.